The highest BCUT2D eigenvalue weighted by atomic mass is 32.2. The Kier molecular flexibility index (Phi) is 4.15. The van der Waals surface area contributed by atoms with Crippen LogP contribution in [0.3, 0.4) is 0 Å². The zero-order valence-electron chi connectivity index (χ0n) is 14.5. The largest absolute Gasteiger partial charge is 0.610 e. The molecular formula is C22H18N2OS. The van der Waals surface area contributed by atoms with Crippen LogP contribution in [0.1, 0.15) is 11.1 Å². The van der Waals surface area contributed by atoms with Gasteiger partial charge >= 0.3 is 0 Å². The minimum Gasteiger partial charge on any atom is -0.610 e. The Morgan fingerprint density at radius 2 is 1.77 bits per heavy atom. The lowest BCUT2D eigenvalue weighted by molar-refractivity contribution is 0.597. The summed E-state index contributed by atoms with van der Waals surface area (Å²) in [5.74, 6) is 0. The predicted octanol–water partition coefficient (Wildman–Crippen LogP) is 5.41. The average Bonchev–Trinajstić information content (AvgIpc) is 3.04. The van der Waals surface area contributed by atoms with E-state index in [4.69, 9.17) is 0 Å². The van der Waals surface area contributed by atoms with Crippen molar-refractivity contribution in [3.8, 4) is 11.1 Å². The molecule has 2 heterocycles. The second kappa shape index (κ2) is 6.48. The Hall–Kier alpha value is -2.82. The van der Waals surface area contributed by atoms with Gasteiger partial charge < -0.3 is 9.54 Å². The zero-order valence-corrected chi connectivity index (χ0v) is 15.3. The van der Waals surface area contributed by atoms with Crippen LogP contribution in [0.4, 0.5) is 0 Å². The monoisotopic (exact) mass is 358 g/mol. The number of nitrogens with one attached hydrogen (secondary N) is 1. The Morgan fingerprint density at radius 3 is 2.50 bits per heavy atom. The molecule has 3 nitrogen and oxygen atoms in total. The number of benzene rings is 2. The highest BCUT2D eigenvalue weighted by Gasteiger charge is 2.20. The van der Waals surface area contributed by atoms with E-state index < -0.39 is 11.2 Å². The molecule has 2 aromatic heterocycles. The van der Waals surface area contributed by atoms with Crippen LogP contribution in [0.2, 0.25) is 0 Å². The van der Waals surface area contributed by atoms with E-state index in [9.17, 15) is 4.55 Å². The average molecular weight is 358 g/mol. The number of aromatic nitrogens is 2. The van der Waals surface area contributed by atoms with Gasteiger partial charge in [0.05, 0.1) is 5.56 Å². The molecular weight excluding hydrogens is 340 g/mol. The third kappa shape index (κ3) is 2.46. The molecule has 0 radical (unpaired) electrons. The van der Waals surface area contributed by atoms with E-state index in [0.29, 0.717) is 5.03 Å². The number of rotatable bonds is 4. The summed E-state index contributed by atoms with van der Waals surface area (Å²) in [6, 6.07) is 14.1. The van der Waals surface area contributed by atoms with Gasteiger partial charge in [0.15, 0.2) is 0 Å². The van der Waals surface area contributed by atoms with Crippen LogP contribution in [0, 0.1) is 0 Å². The first-order chi connectivity index (χ1) is 12.7. The Morgan fingerprint density at radius 1 is 1.00 bits per heavy atom. The summed E-state index contributed by atoms with van der Waals surface area (Å²) in [6.45, 7) is 8.05. The van der Waals surface area contributed by atoms with Gasteiger partial charge in [-0.2, -0.15) is 0 Å². The summed E-state index contributed by atoms with van der Waals surface area (Å²) in [7, 11) is 0. The molecule has 0 aliphatic rings. The maximum atomic E-state index is 12.2. The molecule has 1 unspecified atom stereocenters. The number of aromatic amines is 1. The third-order valence-corrected chi connectivity index (χ3v) is 5.49. The van der Waals surface area contributed by atoms with E-state index in [1.54, 1.807) is 12.5 Å². The van der Waals surface area contributed by atoms with E-state index >= 15 is 0 Å². The van der Waals surface area contributed by atoms with Gasteiger partial charge in [-0.25, -0.2) is 4.98 Å². The molecule has 0 aliphatic carbocycles. The number of pyridine rings is 1. The van der Waals surface area contributed by atoms with Gasteiger partial charge in [-0.15, -0.1) is 0 Å². The molecule has 1 atom stereocenters. The lowest BCUT2D eigenvalue weighted by Crippen LogP contribution is -2.04. The standard InChI is InChI=1S/C22H18N2OS/c1-4-14-15(5-2)21-17-9-6-7-11-19(17)24-20(21)13-18(14)16-10-8-12-23-22(16)26(3)25/h4-13,24H,1-2H2,3H3. The van der Waals surface area contributed by atoms with Crippen molar-refractivity contribution in [3.63, 3.8) is 0 Å². The molecule has 0 aliphatic heterocycles. The highest BCUT2D eigenvalue weighted by Crippen LogP contribution is 2.39. The first kappa shape index (κ1) is 16.6. The van der Waals surface area contributed by atoms with E-state index in [1.165, 1.54) is 0 Å². The number of nitrogens with zero attached hydrogens (tertiary/aromatic N) is 1. The normalized spacial score (nSPS) is 12.4. The number of H-pyrrole nitrogens is 1. The first-order valence-corrected chi connectivity index (χ1v) is 9.82. The van der Waals surface area contributed by atoms with Crippen molar-refractivity contribution in [2.45, 2.75) is 5.03 Å². The summed E-state index contributed by atoms with van der Waals surface area (Å²) in [4.78, 5) is 7.82. The topological polar surface area (TPSA) is 51.7 Å². The molecule has 4 aromatic rings. The quantitative estimate of drug-likeness (QED) is 0.496. The molecule has 0 spiro atoms. The minimum absolute atomic E-state index is 0.570. The summed E-state index contributed by atoms with van der Waals surface area (Å²) in [5.41, 5.74) is 5.87. The molecule has 4 rings (SSSR count). The van der Waals surface area contributed by atoms with Gasteiger partial charge in [0.2, 0.25) is 0 Å². The number of hydrogen-bond donors (Lipinski definition) is 1. The van der Waals surface area contributed by atoms with Crippen molar-refractivity contribution in [2.24, 2.45) is 0 Å². The Labute approximate surface area is 155 Å². The summed E-state index contributed by atoms with van der Waals surface area (Å²) >= 11 is -1.19. The van der Waals surface area contributed by atoms with E-state index in [2.05, 4.69) is 41.3 Å². The molecule has 0 amide bonds. The molecule has 0 fully saturated rings. The van der Waals surface area contributed by atoms with Crippen molar-refractivity contribution < 1.29 is 4.55 Å². The lowest BCUT2D eigenvalue weighted by Gasteiger charge is -2.14. The van der Waals surface area contributed by atoms with Crippen LogP contribution >= 0.6 is 0 Å². The fourth-order valence-corrected chi connectivity index (χ4v) is 4.24. The second-order valence-electron chi connectivity index (χ2n) is 6.06. The smallest absolute Gasteiger partial charge is 0.252 e. The highest BCUT2D eigenvalue weighted by molar-refractivity contribution is 7.90. The maximum absolute atomic E-state index is 12.2. The van der Waals surface area contributed by atoms with Crippen LogP contribution in [0.5, 0.6) is 0 Å². The van der Waals surface area contributed by atoms with Gasteiger partial charge in [0.1, 0.15) is 6.26 Å². The SMILES string of the molecule is C=Cc1c(-c2cccnc2[S+](C)[O-])cc2[nH]c3ccccc3c2c1C=C. The predicted molar refractivity (Wildman–Crippen MR) is 112 cm³/mol. The van der Waals surface area contributed by atoms with Crippen LogP contribution in [0.25, 0.3) is 45.1 Å². The second-order valence-corrected chi connectivity index (χ2v) is 7.36. The first-order valence-electron chi connectivity index (χ1n) is 8.26. The molecule has 0 bridgehead atoms. The maximum Gasteiger partial charge on any atom is 0.252 e. The van der Waals surface area contributed by atoms with Crippen LogP contribution < -0.4 is 0 Å². The fraction of sp³-hybridized carbons (Fsp3) is 0.0455. The van der Waals surface area contributed by atoms with Crippen molar-refractivity contribution in [1.82, 2.24) is 9.97 Å². The Bertz CT molecular complexity index is 1160. The van der Waals surface area contributed by atoms with E-state index in [-0.39, 0.29) is 0 Å². The molecule has 128 valence electrons. The lowest BCUT2D eigenvalue weighted by atomic mass is 9.92. The number of hydrogen-bond acceptors (Lipinski definition) is 2. The molecule has 0 saturated heterocycles. The molecule has 2 aromatic carbocycles. The van der Waals surface area contributed by atoms with E-state index in [0.717, 1.165) is 44.1 Å². The molecule has 26 heavy (non-hydrogen) atoms. The minimum atomic E-state index is -1.19. The summed E-state index contributed by atoms with van der Waals surface area (Å²) < 4.78 is 12.2. The van der Waals surface area contributed by atoms with Crippen molar-refractivity contribution >= 4 is 45.1 Å². The Balaban J connectivity index is 2.16. The molecule has 1 N–H and O–H groups in total. The van der Waals surface area contributed by atoms with Crippen LogP contribution in [0.15, 0.2) is 66.8 Å². The van der Waals surface area contributed by atoms with Crippen molar-refractivity contribution in [1.29, 1.82) is 0 Å². The van der Waals surface area contributed by atoms with Gasteiger partial charge in [0, 0.05) is 39.2 Å². The van der Waals surface area contributed by atoms with Gasteiger partial charge in [-0.1, -0.05) is 43.5 Å². The van der Waals surface area contributed by atoms with Crippen molar-refractivity contribution in [2.75, 3.05) is 6.26 Å². The molecule has 0 saturated carbocycles. The number of fused-ring (bicyclic) bond motifs is 3. The summed E-state index contributed by atoms with van der Waals surface area (Å²) in [6.07, 6.45) is 7.02. The third-order valence-electron chi connectivity index (χ3n) is 4.62. The van der Waals surface area contributed by atoms with Gasteiger partial charge in [-0.05, 0) is 41.0 Å². The van der Waals surface area contributed by atoms with Gasteiger partial charge in [-0.3, -0.25) is 0 Å². The summed E-state index contributed by atoms with van der Waals surface area (Å²) in [5, 5.41) is 2.84. The fourth-order valence-electron chi connectivity index (χ4n) is 3.54. The zero-order chi connectivity index (χ0) is 18.3. The number of para-hydroxylation sites is 1. The van der Waals surface area contributed by atoms with Gasteiger partial charge in [0.25, 0.3) is 5.03 Å². The molecule has 4 heteroatoms. The van der Waals surface area contributed by atoms with E-state index in [1.807, 2.05) is 36.4 Å². The van der Waals surface area contributed by atoms with Crippen molar-refractivity contribution in [3.05, 3.63) is 72.9 Å². The van der Waals surface area contributed by atoms with Crippen LogP contribution in [-0.2, 0) is 11.2 Å². The van der Waals surface area contributed by atoms with Crippen LogP contribution in [-0.4, -0.2) is 20.8 Å².